The normalized spacial score (nSPS) is 13.0. The average molecular weight is 184 g/mol. The summed E-state index contributed by atoms with van der Waals surface area (Å²) in [7, 11) is 0. The minimum absolute atomic E-state index is 0.339. The minimum atomic E-state index is 0.339. The Bertz CT molecular complexity index is 214. The Labute approximate surface area is 77.8 Å². The number of benzene rings is 1. The molecule has 1 atom stereocenters. The molecule has 0 spiro atoms. The van der Waals surface area contributed by atoms with Crippen molar-refractivity contribution < 1.29 is 0 Å². The molecular weight excluding hydrogens is 172 g/mol. The van der Waals surface area contributed by atoms with Gasteiger partial charge in [0.25, 0.3) is 0 Å². The number of thiol groups is 1. The molecule has 0 aliphatic heterocycles. The topological polar surface area (TPSA) is 0 Å². The Hall–Kier alpha value is -0.0800. The number of rotatable bonds is 2. The first-order valence-electron chi connectivity index (χ1n) is 3.56. The van der Waals surface area contributed by atoms with E-state index in [9.17, 15) is 0 Å². The summed E-state index contributed by atoms with van der Waals surface area (Å²) in [6.07, 6.45) is 2.08. The molecular formula is C9H12S2. The number of hydrogen-bond acceptors (Lipinski definition) is 2. The van der Waals surface area contributed by atoms with Crippen molar-refractivity contribution in [3.8, 4) is 0 Å². The van der Waals surface area contributed by atoms with Crippen LogP contribution in [0.2, 0.25) is 0 Å². The molecule has 0 saturated heterocycles. The maximum absolute atomic E-state index is 4.34. The van der Waals surface area contributed by atoms with Gasteiger partial charge in [-0.15, -0.1) is 11.8 Å². The zero-order valence-electron chi connectivity index (χ0n) is 6.74. The SMILES string of the molecule is CSc1ccc(C(C)S)cc1. The van der Waals surface area contributed by atoms with Gasteiger partial charge in [-0.1, -0.05) is 12.1 Å². The second-order valence-electron chi connectivity index (χ2n) is 2.45. The summed E-state index contributed by atoms with van der Waals surface area (Å²) in [6.45, 7) is 2.08. The molecule has 1 unspecified atom stereocenters. The molecule has 0 radical (unpaired) electrons. The van der Waals surface area contributed by atoms with Gasteiger partial charge in [0.1, 0.15) is 0 Å². The third-order valence-electron chi connectivity index (χ3n) is 1.60. The molecule has 2 heteroatoms. The molecule has 1 rings (SSSR count). The zero-order chi connectivity index (χ0) is 8.27. The fraction of sp³-hybridized carbons (Fsp3) is 0.333. The second-order valence-corrected chi connectivity index (χ2v) is 4.10. The highest BCUT2D eigenvalue weighted by Crippen LogP contribution is 2.21. The van der Waals surface area contributed by atoms with Gasteiger partial charge in [0.2, 0.25) is 0 Å². The largest absolute Gasteiger partial charge is 0.171 e. The Morgan fingerprint density at radius 3 is 2.18 bits per heavy atom. The maximum atomic E-state index is 4.34. The third-order valence-corrected chi connectivity index (χ3v) is 2.64. The summed E-state index contributed by atoms with van der Waals surface area (Å²) < 4.78 is 0. The molecule has 0 bridgehead atoms. The van der Waals surface area contributed by atoms with Crippen molar-refractivity contribution in [1.82, 2.24) is 0 Å². The summed E-state index contributed by atoms with van der Waals surface area (Å²) in [5.74, 6) is 0. The standard InChI is InChI=1S/C9H12S2/c1-7(10)8-3-5-9(11-2)6-4-8/h3-7,10H,1-2H3. The van der Waals surface area contributed by atoms with E-state index in [-0.39, 0.29) is 0 Å². The first-order chi connectivity index (χ1) is 5.24. The molecule has 0 fully saturated rings. The lowest BCUT2D eigenvalue weighted by Gasteiger charge is -2.04. The van der Waals surface area contributed by atoms with Gasteiger partial charge in [-0.2, -0.15) is 12.6 Å². The second kappa shape index (κ2) is 4.07. The van der Waals surface area contributed by atoms with E-state index in [2.05, 4.69) is 50.1 Å². The highest BCUT2D eigenvalue weighted by Gasteiger charge is 1.97. The van der Waals surface area contributed by atoms with E-state index in [1.165, 1.54) is 10.5 Å². The van der Waals surface area contributed by atoms with E-state index in [0.29, 0.717) is 5.25 Å². The molecule has 1 aromatic rings. The van der Waals surface area contributed by atoms with Crippen LogP contribution in [0, 0.1) is 0 Å². The number of thioether (sulfide) groups is 1. The van der Waals surface area contributed by atoms with Crippen molar-refractivity contribution in [3.63, 3.8) is 0 Å². The fourth-order valence-electron chi connectivity index (χ4n) is 0.882. The summed E-state index contributed by atoms with van der Waals surface area (Å²) in [6, 6.07) is 8.52. The lowest BCUT2D eigenvalue weighted by molar-refractivity contribution is 1.10. The Morgan fingerprint density at radius 1 is 1.27 bits per heavy atom. The van der Waals surface area contributed by atoms with Crippen molar-refractivity contribution in [3.05, 3.63) is 29.8 Å². The fourth-order valence-corrected chi connectivity index (χ4v) is 1.46. The van der Waals surface area contributed by atoms with Gasteiger partial charge in [0, 0.05) is 10.1 Å². The predicted molar refractivity (Wildman–Crippen MR) is 55.6 cm³/mol. The van der Waals surface area contributed by atoms with Crippen LogP contribution in [0.3, 0.4) is 0 Å². The van der Waals surface area contributed by atoms with Gasteiger partial charge in [0.15, 0.2) is 0 Å². The molecule has 0 aliphatic carbocycles. The van der Waals surface area contributed by atoms with Crippen molar-refractivity contribution in [1.29, 1.82) is 0 Å². The van der Waals surface area contributed by atoms with E-state index in [1.807, 2.05) is 0 Å². The van der Waals surface area contributed by atoms with Gasteiger partial charge < -0.3 is 0 Å². The van der Waals surface area contributed by atoms with Crippen LogP contribution in [0.25, 0.3) is 0 Å². The van der Waals surface area contributed by atoms with E-state index in [4.69, 9.17) is 0 Å². The van der Waals surface area contributed by atoms with Gasteiger partial charge in [-0.05, 0) is 30.9 Å². The quantitative estimate of drug-likeness (QED) is 0.543. The summed E-state index contributed by atoms with van der Waals surface area (Å²) in [5.41, 5.74) is 1.28. The van der Waals surface area contributed by atoms with Crippen molar-refractivity contribution >= 4 is 24.4 Å². The van der Waals surface area contributed by atoms with Crippen molar-refractivity contribution in [2.45, 2.75) is 17.1 Å². The zero-order valence-corrected chi connectivity index (χ0v) is 8.45. The Balaban J connectivity index is 2.83. The van der Waals surface area contributed by atoms with Crippen LogP contribution in [-0.2, 0) is 0 Å². The Morgan fingerprint density at radius 2 is 1.82 bits per heavy atom. The first kappa shape index (κ1) is 9.01. The third kappa shape index (κ3) is 2.46. The smallest absolute Gasteiger partial charge is 0.0238 e. The molecule has 0 heterocycles. The van der Waals surface area contributed by atoms with E-state index in [1.54, 1.807) is 11.8 Å². The Kier molecular flexibility index (Phi) is 3.34. The highest BCUT2D eigenvalue weighted by molar-refractivity contribution is 7.98. The average Bonchev–Trinajstić information content (AvgIpc) is 2.05. The highest BCUT2D eigenvalue weighted by atomic mass is 32.2. The van der Waals surface area contributed by atoms with Crippen LogP contribution in [-0.4, -0.2) is 6.26 Å². The minimum Gasteiger partial charge on any atom is -0.171 e. The molecule has 0 aliphatic rings. The molecule has 0 saturated carbocycles. The molecule has 1 aromatic carbocycles. The van der Waals surface area contributed by atoms with Crippen molar-refractivity contribution in [2.75, 3.05) is 6.26 Å². The van der Waals surface area contributed by atoms with Crippen LogP contribution in [0.1, 0.15) is 17.7 Å². The van der Waals surface area contributed by atoms with E-state index >= 15 is 0 Å². The van der Waals surface area contributed by atoms with E-state index in [0.717, 1.165) is 0 Å². The molecule has 60 valence electrons. The van der Waals surface area contributed by atoms with Crippen LogP contribution >= 0.6 is 24.4 Å². The molecule has 11 heavy (non-hydrogen) atoms. The van der Waals surface area contributed by atoms with Crippen LogP contribution in [0.4, 0.5) is 0 Å². The monoisotopic (exact) mass is 184 g/mol. The lowest BCUT2D eigenvalue weighted by Crippen LogP contribution is -1.82. The maximum Gasteiger partial charge on any atom is 0.0238 e. The van der Waals surface area contributed by atoms with Crippen LogP contribution in [0.15, 0.2) is 29.2 Å². The lowest BCUT2D eigenvalue weighted by atomic mass is 10.2. The summed E-state index contributed by atoms with van der Waals surface area (Å²) >= 11 is 6.11. The molecule has 0 amide bonds. The van der Waals surface area contributed by atoms with Gasteiger partial charge in [-0.3, -0.25) is 0 Å². The van der Waals surface area contributed by atoms with Gasteiger partial charge in [-0.25, -0.2) is 0 Å². The molecule has 0 N–H and O–H groups in total. The van der Waals surface area contributed by atoms with E-state index < -0.39 is 0 Å². The van der Waals surface area contributed by atoms with Gasteiger partial charge >= 0.3 is 0 Å². The predicted octanol–water partition coefficient (Wildman–Crippen LogP) is 3.40. The van der Waals surface area contributed by atoms with Crippen LogP contribution < -0.4 is 0 Å². The van der Waals surface area contributed by atoms with Crippen molar-refractivity contribution in [2.24, 2.45) is 0 Å². The van der Waals surface area contributed by atoms with Crippen LogP contribution in [0.5, 0.6) is 0 Å². The first-order valence-corrected chi connectivity index (χ1v) is 5.30. The number of hydrogen-bond donors (Lipinski definition) is 1. The van der Waals surface area contributed by atoms with Gasteiger partial charge in [0.05, 0.1) is 0 Å². The molecule has 0 aromatic heterocycles. The molecule has 0 nitrogen and oxygen atoms in total. The summed E-state index contributed by atoms with van der Waals surface area (Å²) in [4.78, 5) is 1.31. The summed E-state index contributed by atoms with van der Waals surface area (Å²) in [5, 5.41) is 0.339.